The van der Waals surface area contributed by atoms with Crippen molar-refractivity contribution in [2.24, 2.45) is 0 Å². The number of ether oxygens (including phenoxy) is 1. The maximum atomic E-state index is 11.3. The summed E-state index contributed by atoms with van der Waals surface area (Å²) in [6.07, 6.45) is -3.20. The van der Waals surface area contributed by atoms with E-state index in [0.717, 1.165) is 24.1 Å². The number of nitrogens with one attached hydrogen (secondary N) is 2. The molecular weight excluding hydrogens is 444 g/mol. The average molecular weight is 483 g/mol. The molecule has 0 saturated heterocycles. The average Bonchev–Trinajstić information content (AvgIpc) is 3.23. The van der Waals surface area contributed by atoms with Gasteiger partial charge in [-0.2, -0.15) is 0 Å². The van der Waals surface area contributed by atoms with Crippen LogP contribution in [0.1, 0.15) is 43.5 Å². The smallest absolute Gasteiger partial charge is 0.306 e. The first kappa shape index (κ1) is 28.2. The second-order valence-corrected chi connectivity index (χ2v) is 8.54. The highest BCUT2D eigenvalue weighted by Gasteiger charge is 2.41. The molecular formula is C24H38N2O8. The first-order valence-electron chi connectivity index (χ1n) is 11.6. The summed E-state index contributed by atoms with van der Waals surface area (Å²) in [7, 11) is 1.57. The first-order chi connectivity index (χ1) is 16.1. The van der Waals surface area contributed by atoms with Crippen LogP contribution in [-0.4, -0.2) is 92.8 Å². The number of H-pyrrole nitrogens is 1. The molecule has 2 aromatic rings. The van der Waals surface area contributed by atoms with E-state index in [2.05, 4.69) is 35.4 Å². The van der Waals surface area contributed by atoms with E-state index >= 15 is 0 Å². The Morgan fingerprint density at radius 1 is 1.18 bits per heavy atom. The minimum atomic E-state index is -1.55. The highest BCUT2D eigenvalue weighted by atomic mass is 16.5. The van der Waals surface area contributed by atoms with Crippen LogP contribution >= 0.6 is 0 Å². The van der Waals surface area contributed by atoms with E-state index in [4.69, 9.17) is 25.2 Å². The monoisotopic (exact) mass is 482 g/mol. The molecule has 5 atom stereocenters. The molecule has 0 spiro atoms. The van der Waals surface area contributed by atoms with E-state index in [9.17, 15) is 15.0 Å². The Labute approximate surface area is 199 Å². The van der Waals surface area contributed by atoms with Crippen molar-refractivity contribution in [1.82, 2.24) is 10.3 Å². The van der Waals surface area contributed by atoms with Crippen molar-refractivity contribution in [3.63, 3.8) is 0 Å². The molecule has 8 N–H and O–H groups in total. The van der Waals surface area contributed by atoms with Crippen LogP contribution in [0.3, 0.4) is 0 Å². The number of para-hydroxylation sites is 1. The minimum absolute atomic E-state index is 0.00474. The molecule has 1 aromatic carbocycles. The number of carboxylic acid groups (broad SMARTS) is 1. The second-order valence-electron chi connectivity index (χ2n) is 8.54. The number of aliphatic hydroxyl groups excluding tert-OH is 5. The van der Waals surface area contributed by atoms with Gasteiger partial charge in [-0.3, -0.25) is 4.79 Å². The van der Waals surface area contributed by atoms with E-state index < -0.39 is 42.6 Å². The number of likely N-dealkylation sites (N-methyl/N-ethyl adjacent to an activating group) is 1. The molecule has 192 valence electrons. The lowest BCUT2D eigenvalue weighted by atomic mass is 9.86. The predicted molar refractivity (Wildman–Crippen MR) is 127 cm³/mol. The van der Waals surface area contributed by atoms with Gasteiger partial charge >= 0.3 is 5.97 Å². The summed E-state index contributed by atoms with van der Waals surface area (Å²) in [5, 5.41) is 58.0. The van der Waals surface area contributed by atoms with Crippen molar-refractivity contribution in [2.45, 2.75) is 69.5 Å². The standard InChI is InChI=1S/C17H21NO3.C7H17NO5/c1-3-11-6-5-7-12-13-8-9-21-17(4-2,10-14(19)20)16(13)18-15(11)12;1-8-2-4(10)6(12)7(13)5(11)3-9/h5-7,18H,3-4,8-10H2,1-2H3,(H,19,20);4-13H,2-3H2,1H3/t17-;/m0./s1. The van der Waals surface area contributed by atoms with Crippen molar-refractivity contribution in [3.8, 4) is 0 Å². The molecule has 0 saturated carbocycles. The number of aromatic nitrogens is 1. The van der Waals surface area contributed by atoms with Crippen LogP contribution in [0.25, 0.3) is 10.9 Å². The van der Waals surface area contributed by atoms with Gasteiger partial charge in [0.15, 0.2) is 0 Å². The molecule has 0 fully saturated rings. The Hall–Kier alpha value is -2.05. The number of carbonyl (C=O) groups is 1. The molecule has 1 aliphatic heterocycles. The molecule has 0 bridgehead atoms. The van der Waals surface area contributed by atoms with Gasteiger partial charge in [-0.1, -0.05) is 32.0 Å². The van der Waals surface area contributed by atoms with Gasteiger partial charge in [0, 0.05) is 17.4 Å². The zero-order valence-electron chi connectivity index (χ0n) is 20.0. The molecule has 10 nitrogen and oxygen atoms in total. The van der Waals surface area contributed by atoms with Gasteiger partial charge in [-0.15, -0.1) is 0 Å². The molecule has 34 heavy (non-hydrogen) atoms. The van der Waals surface area contributed by atoms with Crippen LogP contribution in [0.15, 0.2) is 18.2 Å². The Morgan fingerprint density at radius 3 is 2.41 bits per heavy atom. The maximum absolute atomic E-state index is 11.3. The van der Waals surface area contributed by atoms with Crippen LogP contribution in [0, 0.1) is 0 Å². The van der Waals surface area contributed by atoms with E-state index in [1.165, 1.54) is 16.5 Å². The fourth-order valence-corrected chi connectivity index (χ4v) is 4.38. The third-order valence-corrected chi connectivity index (χ3v) is 6.34. The van der Waals surface area contributed by atoms with E-state index in [1.807, 2.05) is 6.92 Å². The van der Waals surface area contributed by atoms with Gasteiger partial charge in [0.05, 0.1) is 31.4 Å². The summed E-state index contributed by atoms with van der Waals surface area (Å²) in [6, 6.07) is 6.32. The minimum Gasteiger partial charge on any atom is -0.481 e. The molecule has 3 rings (SSSR count). The number of hydrogen-bond acceptors (Lipinski definition) is 8. The Morgan fingerprint density at radius 2 is 1.85 bits per heavy atom. The number of aromatic amines is 1. The number of fused-ring (bicyclic) bond motifs is 3. The SMILES string of the molecule is CCc1cccc2c3c([nH]c12)[C@](CC)(CC(=O)O)OCC3.CNCC(O)C(O)C(O)C(O)CO. The number of aryl methyl sites for hydroxylation is 1. The molecule has 4 unspecified atom stereocenters. The van der Waals surface area contributed by atoms with Gasteiger partial charge in [-0.25, -0.2) is 0 Å². The fraction of sp³-hybridized carbons (Fsp3) is 0.625. The van der Waals surface area contributed by atoms with Crippen molar-refractivity contribution >= 4 is 16.9 Å². The fourth-order valence-electron chi connectivity index (χ4n) is 4.38. The molecule has 2 heterocycles. The molecule has 0 aliphatic carbocycles. The maximum Gasteiger partial charge on any atom is 0.306 e. The summed E-state index contributed by atoms with van der Waals surface area (Å²) < 4.78 is 5.94. The van der Waals surface area contributed by atoms with Crippen LogP contribution in [-0.2, 0) is 28.0 Å². The molecule has 0 radical (unpaired) electrons. The van der Waals surface area contributed by atoms with Crippen molar-refractivity contribution < 1.29 is 40.2 Å². The summed E-state index contributed by atoms with van der Waals surface area (Å²) in [6.45, 7) is 4.14. The summed E-state index contributed by atoms with van der Waals surface area (Å²) >= 11 is 0. The number of carboxylic acids is 1. The van der Waals surface area contributed by atoms with Crippen molar-refractivity contribution in [3.05, 3.63) is 35.0 Å². The molecule has 0 amide bonds. The topological polar surface area (TPSA) is 176 Å². The van der Waals surface area contributed by atoms with Gasteiger partial charge in [0.1, 0.15) is 23.9 Å². The Kier molecular flexibility index (Phi) is 10.4. The van der Waals surface area contributed by atoms with Crippen molar-refractivity contribution in [2.75, 3.05) is 26.8 Å². The van der Waals surface area contributed by atoms with Gasteiger partial charge < -0.3 is 45.7 Å². The molecule has 1 aromatic heterocycles. The van der Waals surface area contributed by atoms with E-state index in [-0.39, 0.29) is 13.0 Å². The summed E-state index contributed by atoms with van der Waals surface area (Å²) in [5.74, 6) is -0.820. The predicted octanol–water partition coefficient (Wildman–Crippen LogP) is 0.0247. The highest BCUT2D eigenvalue weighted by molar-refractivity contribution is 5.88. The van der Waals surface area contributed by atoms with Crippen LogP contribution in [0.2, 0.25) is 0 Å². The number of aliphatic carboxylic acids is 1. The third-order valence-electron chi connectivity index (χ3n) is 6.34. The van der Waals surface area contributed by atoms with E-state index in [0.29, 0.717) is 13.0 Å². The number of hydrogen-bond donors (Lipinski definition) is 8. The summed E-state index contributed by atoms with van der Waals surface area (Å²) in [5.41, 5.74) is 3.88. The Balaban J connectivity index is 0.000000273. The lowest BCUT2D eigenvalue weighted by molar-refractivity contribution is -0.148. The van der Waals surface area contributed by atoms with Gasteiger partial charge in [0.25, 0.3) is 0 Å². The first-order valence-corrected chi connectivity index (χ1v) is 11.6. The van der Waals surface area contributed by atoms with Crippen molar-refractivity contribution in [1.29, 1.82) is 0 Å². The van der Waals surface area contributed by atoms with Gasteiger partial charge in [0.2, 0.25) is 0 Å². The lowest BCUT2D eigenvalue weighted by Gasteiger charge is -2.35. The summed E-state index contributed by atoms with van der Waals surface area (Å²) in [4.78, 5) is 14.8. The largest absolute Gasteiger partial charge is 0.481 e. The zero-order valence-corrected chi connectivity index (χ0v) is 20.0. The number of rotatable bonds is 10. The number of benzene rings is 1. The third kappa shape index (κ3) is 6.14. The zero-order chi connectivity index (χ0) is 25.5. The molecule has 10 heteroatoms. The quantitative estimate of drug-likeness (QED) is 0.232. The number of aliphatic hydroxyl groups is 5. The van der Waals surface area contributed by atoms with Crippen LogP contribution in [0.5, 0.6) is 0 Å². The Bertz CT molecular complexity index is 933. The lowest BCUT2D eigenvalue weighted by Crippen LogP contribution is -2.48. The van der Waals surface area contributed by atoms with Crippen LogP contribution < -0.4 is 5.32 Å². The highest BCUT2D eigenvalue weighted by Crippen LogP contribution is 2.42. The second kappa shape index (κ2) is 12.6. The van der Waals surface area contributed by atoms with Gasteiger partial charge in [-0.05, 0) is 37.4 Å². The normalized spacial score (nSPS) is 21.2. The molecule has 1 aliphatic rings. The van der Waals surface area contributed by atoms with E-state index in [1.54, 1.807) is 7.05 Å². The van der Waals surface area contributed by atoms with Crippen LogP contribution in [0.4, 0.5) is 0 Å².